The number of benzene rings is 2. The van der Waals surface area contributed by atoms with Crippen molar-refractivity contribution in [2.24, 2.45) is 0 Å². The number of halogens is 2. The molecule has 0 aliphatic heterocycles. The standard InChI is InChI=1S/C16H12Cl2O2/c17-13-9-15(18)14(7-4-8-19)16(10-13)20-11-12-5-2-1-3-6-12/h1-10H,11H2. The molecule has 0 saturated carbocycles. The SMILES string of the molecule is O=CC=Cc1c(Cl)cc(Cl)cc1OCc1ccccc1. The van der Waals surface area contributed by atoms with Gasteiger partial charge in [0.2, 0.25) is 0 Å². The minimum Gasteiger partial charge on any atom is -0.488 e. The molecule has 2 nitrogen and oxygen atoms in total. The Hall–Kier alpha value is -1.77. The van der Waals surface area contributed by atoms with E-state index in [9.17, 15) is 4.79 Å². The van der Waals surface area contributed by atoms with Gasteiger partial charge in [-0.15, -0.1) is 0 Å². The molecule has 0 aliphatic carbocycles. The van der Waals surface area contributed by atoms with Crippen molar-refractivity contribution in [3.63, 3.8) is 0 Å². The summed E-state index contributed by atoms with van der Waals surface area (Å²) in [5.74, 6) is 0.546. The molecular formula is C16H12Cl2O2. The van der Waals surface area contributed by atoms with Gasteiger partial charge < -0.3 is 4.74 Å². The predicted octanol–water partition coefficient (Wildman–Crippen LogP) is 4.78. The average molecular weight is 307 g/mol. The van der Waals surface area contributed by atoms with Gasteiger partial charge in [-0.1, -0.05) is 53.5 Å². The van der Waals surface area contributed by atoms with E-state index in [1.807, 2.05) is 30.3 Å². The molecule has 2 rings (SSSR count). The van der Waals surface area contributed by atoms with E-state index in [0.717, 1.165) is 5.56 Å². The minimum atomic E-state index is 0.402. The maximum atomic E-state index is 10.5. The van der Waals surface area contributed by atoms with E-state index < -0.39 is 0 Å². The number of carbonyl (C=O) groups excluding carboxylic acids is 1. The van der Waals surface area contributed by atoms with Crippen LogP contribution >= 0.6 is 23.2 Å². The van der Waals surface area contributed by atoms with Gasteiger partial charge in [0.1, 0.15) is 18.6 Å². The van der Waals surface area contributed by atoms with E-state index in [-0.39, 0.29) is 0 Å². The van der Waals surface area contributed by atoms with Crippen molar-refractivity contribution in [2.75, 3.05) is 0 Å². The molecule has 0 unspecified atom stereocenters. The van der Waals surface area contributed by atoms with Crippen molar-refractivity contribution in [3.05, 3.63) is 69.7 Å². The molecule has 0 aromatic heterocycles. The Morgan fingerprint density at radius 1 is 1.10 bits per heavy atom. The Kier molecular flexibility index (Phi) is 5.22. The number of aldehydes is 1. The van der Waals surface area contributed by atoms with E-state index >= 15 is 0 Å². The first-order chi connectivity index (χ1) is 9.70. The van der Waals surface area contributed by atoms with E-state index in [0.29, 0.717) is 34.3 Å². The van der Waals surface area contributed by atoms with Crippen LogP contribution in [0.25, 0.3) is 6.08 Å². The molecule has 0 radical (unpaired) electrons. The number of carbonyl (C=O) groups is 1. The molecule has 2 aromatic carbocycles. The second kappa shape index (κ2) is 7.13. The lowest BCUT2D eigenvalue weighted by molar-refractivity contribution is -0.104. The molecule has 20 heavy (non-hydrogen) atoms. The molecule has 4 heteroatoms. The second-order valence-corrected chi connectivity index (χ2v) is 4.91. The maximum Gasteiger partial charge on any atom is 0.142 e. The molecule has 0 spiro atoms. The Labute approximate surface area is 127 Å². The number of allylic oxidation sites excluding steroid dienone is 1. The lowest BCUT2D eigenvalue weighted by Crippen LogP contribution is -1.97. The maximum absolute atomic E-state index is 10.5. The average Bonchev–Trinajstić information content (AvgIpc) is 2.45. The summed E-state index contributed by atoms with van der Waals surface area (Å²) in [6, 6.07) is 13.1. The summed E-state index contributed by atoms with van der Waals surface area (Å²) in [6.45, 7) is 0.402. The topological polar surface area (TPSA) is 26.3 Å². The van der Waals surface area contributed by atoms with Crippen LogP contribution < -0.4 is 4.74 Å². The van der Waals surface area contributed by atoms with E-state index in [1.54, 1.807) is 18.2 Å². The Balaban J connectivity index is 2.25. The van der Waals surface area contributed by atoms with Crippen LogP contribution in [-0.2, 0) is 11.4 Å². The van der Waals surface area contributed by atoms with Gasteiger partial charge in [0.15, 0.2) is 0 Å². The number of hydrogen-bond acceptors (Lipinski definition) is 2. The number of ether oxygens (including phenoxy) is 1. The van der Waals surface area contributed by atoms with Gasteiger partial charge in [-0.2, -0.15) is 0 Å². The van der Waals surface area contributed by atoms with Crippen molar-refractivity contribution in [1.82, 2.24) is 0 Å². The molecule has 0 bridgehead atoms. The van der Waals surface area contributed by atoms with Crippen LogP contribution in [0.5, 0.6) is 5.75 Å². The normalized spacial score (nSPS) is 10.7. The van der Waals surface area contributed by atoms with Crippen LogP contribution in [0, 0.1) is 0 Å². The first-order valence-electron chi connectivity index (χ1n) is 5.98. The van der Waals surface area contributed by atoms with Gasteiger partial charge in [-0.25, -0.2) is 0 Å². The summed E-state index contributed by atoms with van der Waals surface area (Å²) in [4.78, 5) is 10.5. The molecule has 2 aromatic rings. The van der Waals surface area contributed by atoms with Crippen LogP contribution in [0.4, 0.5) is 0 Å². The zero-order valence-corrected chi connectivity index (χ0v) is 12.1. The van der Waals surface area contributed by atoms with E-state index in [4.69, 9.17) is 27.9 Å². The quantitative estimate of drug-likeness (QED) is 0.586. The molecule has 0 atom stereocenters. The Morgan fingerprint density at radius 3 is 2.55 bits per heavy atom. The minimum absolute atomic E-state index is 0.402. The van der Waals surface area contributed by atoms with Crippen LogP contribution in [0.1, 0.15) is 11.1 Å². The predicted molar refractivity (Wildman–Crippen MR) is 82.3 cm³/mol. The van der Waals surface area contributed by atoms with Gasteiger partial charge in [0.05, 0.1) is 5.02 Å². The summed E-state index contributed by atoms with van der Waals surface area (Å²) in [5.41, 5.74) is 1.67. The van der Waals surface area contributed by atoms with Gasteiger partial charge in [0, 0.05) is 10.6 Å². The Morgan fingerprint density at radius 2 is 1.85 bits per heavy atom. The van der Waals surface area contributed by atoms with Crippen LogP contribution in [0.2, 0.25) is 10.0 Å². The zero-order valence-electron chi connectivity index (χ0n) is 10.6. The third-order valence-corrected chi connectivity index (χ3v) is 3.17. The van der Waals surface area contributed by atoms with Crippen molar-refractivity contribution >= 4 is 35.6 Å². The Bertz CT molecular complexity index is 622. The van der Waals surface area contributed by atoms with Crippen molar-refractivity contribution in [1.29, 1.82) is 0 Å². The zero-order chi connectivity index (χ0) is 14.4. The highest BCUT2D eigenvalue weighted by atomic mass is 35.5. The van der Waals surface area contributed by atoms with Gasteiger partial charge in [-0.3, -0.25) is 4.79 Å². The summed E-state index contributed by atoms with van der Waals surface area (Å²) in [7, 11) is 0. The summed E-state index contributed by atoms with van der Waals surface area (Å²) < 4.78 is 5.75. The fourth-order valence-electron chi connectivity index (χ4n) is 1.71. The van der Waals surface area contributed by atoms with Crippen LogP contribution in [0.15, 0.2) is 48.5 Å². The van der Waals surface area contributed by atoms with Gasteiger partial charge in [0.25, 0.3) is 0 Å². The fraction of sp³-hybridized carbons (Fsp3) is 0.0625. The fourth-order valence-corrected chi connectivity index (χ4v) is 2.25. The molecular weight excluding hydrogens is 295 g/mol. The van der Waals surface area contributed by atoms with Gasteiger partial charge in [-0.05, 0) is 29.8 Å². The lowest BCUT2D eigenvalue weighted by atomic mass is 10.2. The largest absolute Gasteiger partial charge is 0.488 e. The highest BCUT2D eigenvalue weighted by Crippen LogP contribution is 2.32. The van der Waals surface area contributed by atoms with Crippen LogP contribution in [-0.4, -0.2) is 6.29 Å². The molecule has 102 valence electrons. The molecule has 0 heterocycles. The van der Waals surface area contributed by atoms with E-state index in [2.05, 4.69) is 0 Å². The van der Waals surface area contributed by atoms with Crippen molar-refractivity contribution < 1.29 is 9.53 Å². The van der Waals surface area contributed by atoms with Crippen molar-refractivity contribution in [2.45, 2.75) is 6.61 Å². The summed E-state index contributed by atoms with van der Waals surface area (Å²) in [6.07, 6.45) is 3.66. The lowest BCUT2D eigenvalue weighted by Gasteiger charge is -2.11. The molecule has 0 amide bonds. The molecule has 0 aliphatic rings. The number of hydrogen-bond donors (Lipinski definition) is 0. The smallest absolute Gasteiger partial charge is 0.142 e. The summed E-state index contributed by atoms with van der Waals surface area (Å²) in [5, 5.41) is 0.931. The first kappa shape index (κ1) is 14.6. The third kappa shape index (κ3) is 3.86. The first-order valence-corrected chi connectivity index (χ1v) is 6.74. The highest BCUT2D eigenvalue weighted by molar-refractivity contribution is 6.36. The number of rotatable bonds is 5. The third-order valence-electron chi connectivity index (χ3n) is 2.63. The molecule has 0 N–H and O–H groups in total. The summed E-state index contributed by atoms with van der Waals surface area (Å²) >= 11 is 12.1. The van der Waals surface area contributed by atoms with Gasteiger partial charge >= 0.3 is 0 Å². The van der Waals surface area contributed by atoms with E-state index in [1.165, 1.54) is 6.08 Å². The van der Waals surface area contributed by atoms with Crippen molar-refractivity contribution in [3.8, 4) is 5.75 Å². The second-order valence-electron chi connectivity index (χ2n) is 4.07. The molecule has 0 saturated heterocycles. The highest BCUT2D eigenvalue weighted by Gasteiger charge is 2.08. The van der Waals surface area contributed by atoms with Crippen LogP contribution in [0.3, 0.4) is 0 Å². The monoisotopic (exact) mass is 306 g/mol. The molecule has 0 fully saturated rings.